The van der Waals surface area contributed by atoms with E-state index in [0.717, 1.165) is 24.0 Å². The zero-order chi connectivity index (χ0) is 15.7. The van der Waals surface area contributed by atoms with Crippen LogP contribution in [0.3, 0.4) is 0 Å². The molecule has 0 aromatic heterocycles. The fourth-order valence-corrected chi connectivity index (χ4v) is 2.43. The van der Waals surface area contributed by atoms with Crippen LogP contribution in [0.4, 0.5) is 0 Å². The Labute approximate surface area is 128 Å². The van der Waals surface area contributed by atoms with E-state index in [4.69, 9.17) is 9.47 Å². The maximum absolute atomic E-state index is 12.0. The van der Waals surface area contributed by atoms with E-state index in [-0.39, 0.29) is 17.8 Å². The SMILES string of the molecule is C=C(C)[C@H](COCc1ccccc1)[C@@H](CCC)C(=O)OC. The average Bonchev–Trinajstić information content (AvgIpc) is 2.50. The minimum Gasteiger partial charge on any atom is -0.469 e. The van der Waals surface area contributed by atoms with Gasteiger partial charge < -0.3 is 9.47 Å². The fourth-order valence-electron chi connectivity index (χ4n) is 2.43. The van der Waals surface area contributed by atoms with E-state index in [0.29, 0.717) is 13.2 Å². The summed E-state index contributed by atoms with van der Waals surface area (Å²) in [7, 11) is 1.44. The Hall–Kier alpha value is -1.61. The van der Waals surface area contributed by atoms with Gasteiger partial charge in [0.05, 0.1) is 26.2 Å². The first-order chi connectivity index (χ1) is 10.1. The first-order valence-electron chi connectivity index (χ1n) is 7.45. The molecule has 0 saturated carbocycles. The molecule has 0 heterocycles. The van der Waals surface area contributed by atoms with Crippen LogP contribution >= 0.6 is 0 Å². The van der Waals surface area contributed by atoms with Crippen LogP contribution in [0.2, 0.25) is 0 Å². The van der Waals surface area contributed by atoms with Crippen LogP contribution in [0.1, 0.15) is 32.3 Å². The van der Waals surface area contributed by atoms with Crippen molar-refractivity contribution in [2.75, 3.05) is 13.7 Å². The van der Waals surface area contributed by atoms with Gasteiger partial charge in [0.15, 0.2) is 0 Å². The number of rotatable bonds is 9. The minimum atomic E-state index is -0.173. The summed E-state index contributed by atoms with van der Waals surface area (Å²) in [5, 5.41) is 0. The largest absolute Gasteiger partial charge is 0.469 e. The molecule has 1 aromatic carbocycles. The van der Waals surface area contributed by atoms with Crippen molar-refractivity contribution in [1.82, 2.24) is 0 Å². The molecule has 0 fully saturated rings. The van der Waals surface area contributed by atoms with Crippen LogP contribution in [0, 0.1) is 11.8 Å². The molecule has 0 aliphatic carbocycles. The molecule has 1 rings (SSSR count). The van der Waals surface area contributed by atoms with Crippen molar-refractivity contribution in [3.05, 3.63) is 48.0 Å². The van der Waals surface area contributed by atoms with E-state index in [2.05, 4.69) is 13.5 Å². The number of hydrogen-bond donors (Lipinski definition) is 0. The van der Waals surface area contributed by atoms with E-state index in [1.54, 1.807) is 0 Å². The number of carbonyl (C=O) groups excluding carboxylic acids is 1. The maximum Gasteiger partial charge on any atom is 0.309 e. The number of ether oxygens (including phenoxy) is 2. The molecule has 0 N–H and O–H groups in total. The third-order valence-corrected chi connectivity index (χ3v) is 3.63. The Morgan fingerprint density at radius 3 is 2.43 bits per heavy atom. The van der Waals surface area contributed by atoms with E-state index >= 15 is 0 Å². The zero-order valence-corrected chi connectivity index (χ0v) is 13.3. The molecule has 0 bridgehead atoms. The fraction of sp³-hybridized carbons (Fsp3) is 0.500. The normalized spacial score (nSPS) is 13.5. The molecule has 0 aliphatic rings. The smallest absolute Gasteiger partial charge is 0.309 e. The Morgan fingerprint density at radius 1 is 1.24 bits per heavy atom. The van der Waals surface area contributed by atoms with Crippen LogP contribution in [0.15, 0.2) is 42.5 Å². The third-order valence-electron chi connectivity index (χ3n) is 3.63. The summed E-state index contributed by atoms with van der Waals surface area (Å²) in [4.78, 5) is 12.0. The maximum atomic E-state index is 12.0. The summed E-state index contributed by atoms with van der Waals surface area (Å²) in [6.45, 7) is 9.06. The molecule has 0 amide bonds. The first-order valence-corrected chi connectivity index (χ1v) is 7.45. The summed E-state index contributed by atoms with van der Waals surface area (Å²) < 4.78 is 10.7. The lowest BCUT2D eigenvalue weighted by Gasteiger charge is -2.25. The Morgan fingerprint density at radius 2 is 1.90 bits per heavy atom. The van der Waals surface area contributed by atoms with E-state index in [1.165, 1.54) is 7.11 Å². The summed E-state index contributed by atoms with van der Waals surface area (Å²) in [5.74, 6) is -0.345. The summed E-state index contributed by atoms with van der Waals surface area (Å²) in [6, 6.07) is 10.0. The van der Waals surface area contributed by atoms with Crippen molar-refractivity contribution in [2.45, 2.75) is 33.3 Å². The van der Waals surface area contributed by atoms with Crippen molar-refractivity contribution >= 4 is 5.97 Å². The van der Waals surface area contributed by atoms with Gasteiger partial charge in [-0.1, -0.05) is 55.8 Å². The van der Waals surface area contributed by atoms with Crippen LogP contribution in [-0.2, 0) is 20.9 Å². The van der Waals surface area contributed by atoms with Gasteiger partial charge >= 0.3 is 5.97 Å². The molecular formula is C18H26O3. The quantitative estimate of drug-likeness (QED) is 0.509. The molecule has 0 unspecified atom stereocenters. The highest BCUT2D eigenvalue weighted by atomic mass is 16.5. The number of carbonyl (C=O) groups is 1. The Bertz CT molecular complexity index is 439. The third kappa shape index (κ3) is 5.72. The lowest BCUT2D eigenvalue weighted by molar-refractivity contribution is -0.148. The molecule has 0 spiro atoms. The first kappa shape index (κ1) is 17.4. The second-order valence-electron chi connectivity index (χ2n) is 5.37. The standard InChI is InChI=1S/C18H26O3/c1-5-9-16(18(19)20-4)17(14(2)3)13-21-12-15-10-7-6-8-11-15/h6-8,10-11,16-17H,2,5,9,12-13H2,1,3-4H3/t16-,17+/m1/s1. The van der Waals surface area contributed by atoms with Crippen LogP contribution in [0.5, 0.6) is 0 Å². The highest BCUT2D eigenvalue weighted by Crippen LogP contribution is 2.26. The minimum absolute atomic E-state index is 0.00103. The molecular weight excluding hydrogens is 264 g/mol. The van der Waals surface area contributed by atoms with Crippen LogP contribution in [-0.4, -0.2) is 19.7 Å². The molecule has 1 aromatic rings. The van der Waals surface area contributed by atoms with Crippen molar-refractivity contribution in [3.63, 3.8) is 0 Å². The lowest BCUT2D eigenvalue weighted by atomic mass is 9.84. The summed E-state index contributed by atoms with van der Waals surface area (Å²) in [6.07, 6.45) is 1.72. The van der Waals surface area contributed by atoms with Gasteiger partial charge in [0.2, 0.25) is 0 Å². The van der Waals surface area contributed by atoms with Gasteiger partial charge in [0, 0.05) is 5.92 Å². The molecule has 0 radical (unpaired) electrons. The number of benzene rings is 1. The van der Waals surface area contributed by atoms with E-state index < -0.39 is 0 Å². The molecule has 3 heteroatoms. The predicted molar refractivity (Wildman–Crippen MR) is 84.8 cm³/mol. The Kier molecular flexibility index (Phi) is 7.76. The second-order valence-corrected chi connectivity index (χ2v) is 5.37. The van der Waals surface area contributed by atoms with Crippen molar-refractivity contribution in [1.29, 1.82) is 0 Å². The summed E-state index contributed by atoms with van der Waals surface area (Å²) >= 11 is 0. The van der Waals surface area contributed by atoms with Gasteiger partial charge in [-0.25, -0.2) is 0 Å². The molecule has 0 saturated heterocycles. The van der Waals surface area contributed by atoms with Gasteiger partial charge in [-0.05, 0) is 18.9 Å². The number of hydrogen-bond acceptors (Lipinski definition) is 3. The Balaban J connectivity index is 2.63. The topological polar surface area (TPSA) is 35.5 Å². The van der Waals surface area contributed by atoms with Gasteiger partial charge in [-0.3, -0.25) is 4.79 Å². The molecule has 0 aliphatic heterocycles. The lowest BCUT2D eigenvalue weighted by Crippen LogP contribution is -2.29. The number of methoxy groups -OCH3 is 1. The predicted octanol–water partition coefficient (Wildman–Crippen LogP) is 3.98. The number of esters is 1. The van der Waals surface area contributed by atoms with Gasteiger partial charge in [0.25, 0.3) is 0 Å². The van der Waals surface area contributed by atoms with Crippen LogP contribution < -0.4 is 0 Å². The van der Waals surface area contributed by atoms with Gasteiger partial charge in [0.1, 0.15) is 0 Å². The van der Waals surface area contributed by atoms with Gasteiger partial charge in [-0.15, -0.1) is 0 Å². The van der Waals surface area contributed by atoms with Gasteiger partial charge in [-0.2, -0.15) is 0 Å². The molecule has 3 nitrogen and oxygen atoms in total. The van der Waals surface area contributed by atoms with Crippen molar-refractivity contribution in [3.8, 4) is 0 Å². The highest BCUT2D eigenvalue weighted by Gasteiger charge is 2.29. The molecule has 2 atom stereocenters. The van der Waals surface area contributed by atoms with Crippen LogP contribution in [0.25, 0.3) is 0 Å². The molecule has 116 valence electrons. The molecule has 21 heavy (non-hydrogen) atoms. The average molecular weight is 290 g/mol. The van der Waals surface area contributed by atoms with E-state index in [1.807, 2.05) is 37.3 Å². The highest BCUT2D eigenvalue weighted by molar-refractivity contribution is 5.73. The second kappa shape index (κ2) is 9.35. The van der Waals surface area contributed by atoms with E-state index in [9.17, 15) is 4.79 Å². The monoisotopic (exact) mass is 290 g/mol. The van der Waals surface area contributed by atoms with Crippen molar-refractivity contribution < 1.29 is 14.3 Å². The zero-order valence-electron chi connectivity index (χ0n) is 13.3. The summed E-state index contributed by atoms with van der Waals surface area (Å²) in [5.41, 5.74) is 2.09. The van der Waals surface area contributed by atoms with Crippen molar-refractivity contribution in [2.24, 2.45) is 11.8 Å².